The van der Waals surface area contributed by atoms with Crippen LogP contribution in [0.4, 0.5) is 4.39 Å². The number of hydrogen-bond donors (Lipinski definition) is 0. The highest BCUT2D eigenvalue weighted by Gasteiger charge is 2.33. The van der Waals surface area contributed by atoms with Crippen LogP contribution >= 0.6 is 0 Å². The number of halogens is 1. The van der Waals surface area contributed by atoms with Crippen molar-refractivity contribution < 1.29 is 9.18 Å². The largest absolute Gasteiger partial charge is 0.293 e. The highest BCUT2D eigenvalue weighted by atomic mass is 19.1. The molecule has 2 fully saturated rings. The zero-order valence-electron chi connectivity index (χ0n) is 11.9. The average Bonchev–Trinajstić information content (AvgIpc) is 2.47. The monoisotopic (exact) mass is 275 g/mol. The third-order valence-corrected chi connectivity index (χ3v) is 4.85. The van der Waals surface area contributed by atoms with Crippen LogP contribution in [0.3, 0.4) is 0 Å². The van der Waals surface area contributed by atoms with Crippen molar-refractivity contribution in [1.29, 1.82) is 0 Å². The fourth-order valence-electron chi connectivity index (χ4n) is 3.86. The summed E-state index contributed by atoms with van der Waals surface area (Å²) in [5, 5.41) is 0. The third kappa shape index (κ3) is 2.93. The van der Waals surface area contributed by atoms with Gasteiger partial charge in [0, 0.05) is 11.6 Å². The van der Waals surface area contributed by atoms with Crippen molar-refractivity contribution in [2.24, 2.45) is 5.92 Å². The molecular formula is C17H22FNO. The fourth-order valence-corrected chi connectivity index (χ4v) is 3.86. The van der Waals surface area contributed by atoms with Crippen molar-refractivity contribution in [3.05, 3.63) is 35.6 Å². The number of hydrogen-bond acceptors (Lipinski definition) is 2. The quantitative estimate of drug-likeness (QED) is 0.785. The van der Waals surface area contributed by atoms with Crippen molar-refractivity contribution in [3.8, 4) is 0 Å². The second-order valence-corrected chi connectivity index (χ2v) is 6.16. The summed E-state index contributed by atoms with van der Waals surface area (Å²) in [6.07, 6.45) is 7.67. The SMILES string of the molecule is O=C(CN1CCC[C@H]2CCCC[C@H]21)c1cccc(F)c1. The van der Waals surface area contributed by atoms with E-state index in [0.29, 0.717) is 18.2 Å². The highest BCUT2D eigenvalue weighted by molar-refractivity contribution is 5.97. The number of Topliss-reactive ketones (excluding diaryl/α,β-unsaturated/α-hetero) is 1. The molecule has 20 heavy (non-hydrogen) atoms. The van der Waals surface area contributed by atoms with E-state index in [-0.39, 0.29) is 11.6 Å². The lowest BCUT2D eigenvalue weighted by Gasteiger charge is -2.43. The van der Waals surface area contributed by atoms with E-state index < -0.39 is 0 Å². The standard InChI is InChI=1S/C17H22FNO/c18-15-8-3-6-14(11-15)17(20)12-19-10-4-7-13-5-1-2-9-16(13)19/h3,6,8,11,13,16H,1-2,4-5,7,9-10,12H2/t13-,16-/m1/s1. The average molecular weight is 275 g/mol. The van der Waals surface area contributed by atoms with Gasteiger partial charge in [-0.2, -0.15) is 0 Å². The Bertz CT molecular complexity index is 486. The second-order valence-electron chi connectivity index (χ2n) is 6.16. The maximum absolute atomic E-state index is 13.2. The second kappa shape index (κ2) is 6.04. The molecule has 1 aliphatic heterocycles. The molecule has 1 heterocycles. The van der Waals surface area contributed by atoms with Gasteiger partial charge < -0.3 is 0 Å². The predicted molar refractivity (Wildman–Crippen MR) is 77.3 cm³/mol. The van der Waals surface area contributed by atoms with Gasteiger partial charge in [-0.25, -0.2) is 4.39 Å². The van der Waals surface area contributed by atoms with Gasteiger partial charge >= 0.3 is 0 Å². The first-order valence-corrected chi connectivity index (χ1v) is 7.77. The van der Waals surface area contributed by atoms with E-state index in [1.165, 1.54) is 50.7 Å². The van der Waals surface area contributed by atoms with Crippen molar-refractivity contribution in [2.45, 2.75) is 44.6 Å². The van der Waals surface area contributed by atoms with E-state index >= 15 is 0 Å². The first kappa shape index (κ1) is 13.7. The van der Waals surface area contributed by atoms with E-state index in [4.69, 9.17) is 0 Å². The molecule has 0 radical (unpaired) electrons. The number of carbonyl (C=O) groups excluding carboxylic acids is 1. The van der Waals surface area contributed by atoms with E-state index in [2.05, 4.69) is 4.90 Å². The van der Waals surface area contributed by atoms with Gasteiger partial charge in [-0.15, -0.1) is 0 Å². The first-order chi connectivity index (χ1) is 9.74. The Hall–Kier alpha value is -1.22. The van der Waals surface area contributed by atoms with Gasteiger partial charge in [0.15, 0.2) is 5.78 Å². The molecular weight excluding hydrogens is 253 g/mol. The van der Waals surface area contributed by atoms with Crippen LogP contribution in [0.25, 0.3) is 0 Å². The van der Waals surface area contributed by atoms with Gasteiger partial charge in [0.2, 0.25) is 0 Å². The zero-order valence-corrected chi connectivity index (χ0v) is 11.9. The molecule has 108 valence electrons. The molecule has 0 N–H and O–H groups in total. The number of piperidine rings is 1. The number of nitrogens with zero attached hydrogens (tertiary/aromatic N) is 1. The molecule has 1 aromatic carbocycles. The molecule has 1 aliphatic carbocycles. The molecule has 1 saturated heterocycles. The lowest BCUT2D eigenvalue weighted by atomic mass is 9.78. The summed E-state index contributed by atoms with van der Waals surface area (Å²) in [5.74, 6) is 0.499. The van der Waals surface area contributed by atoms with Crippen molar-refractivity contribution in [2.75, 3.05) is 13.1 Å². The Labute approximate surface area is 120 Å². The Morgan fingerprint density at radius 2 is 2.00 bits per heavy atom. The van der Waals surface area contributed by atoms with Gasteiger partial charge in [-0.3, -0.25) is 9.69 Å². The lowest BCUT2D eigenvalue weighted by molar-refractivity contribution is 0.0539. The minimum absolute atomic E-state index is 0.0516. The number of fused-ring (bicyclic) bond motifs is 1. The highest BCUT2D eigenvalue weighted by Crippen LogP contribution is 2.35. The number of ketones is 1. The molecule has 2 atom stereocenters. The smallest absolute Gasteiger partial charge is 0.176 e. The molecule has 2 nitrogen and oxygen atoms in total. The molecule has 3 rings (SSSR count). The maximum atomic E-state index is 13.2. The van der Waals surface area contributed by atoms with Gasteiger partial charge in [-0.05, 0) is 50.3 Å². The maximum Gasteiger partial charge on any atom is 0.176 e. The minimum atomic E-state index is -0.329. The zero-order chi connectivity index (χ0) is 13.9. The molecule has 2 aliphatic rings. The van der Waals surface area contributed by atoms with Crippen LogP contribution < -0.4 is 0 Å². The predicted octanol–water partition coefficient (Wildman–Crippen LogP) is 3.66. The van der Waals surface area contributed by atoms with Crippen molar-refractivity contribution in [3.63, 3.8) is 0 Å². The lowest BCUT2D eigenvalue weighted by Crippen LogP contribution is -2.48. The molecule has 0 unspecified atom stereocenters. The van der Waals surface area contributed by atoms with Crippen LogP contribution in [0.15, 0.2) is 24.3 Å². The summed E-state index contributed by atoms with van der Waals surface area (Å²) in [6, 6.07) is 6.64. The van der Waals surface area contributed by atoms with E-state index in [1.54, 1.807) is 12.1 Å². The van der Waals surface area contributed by atoms with Crippen LogP contribution in [0, 0.1) is 11.7 Å². The van der Waals surface area contributed by atoms with Crippen LogP contribution in [0.5, 0.6) is 0 Å². The summed E-state index contributed by atoms with van der Waals surface area (Å²) in [7, 11) is 0. The summed E-state index contributed by atoms with van der Waals surface area (Å²) in [4.78, 5) is 14.7. The van der Waals surface area contributed by atoms with Crippen molar-refractivity contribution >= 4 is 5.78 Å². The normalized spacial score (nSPS) is 27.1. The van der Waals surface area contributed by atoms with Gasteiger partial charge in [0.05, 0.1) is 6.54 Å². The Balaban J connectivity index is 1.68. The number of benzene rings is 1. The summed E-state index contributed by atoms with van der Waals surface area (Å²) in [6.45, 7) is 1.47. The van der Waals surface area contributed by atoms with Gasteiger partial charge in [-0.1, -0.05) is 25.0 Å². The van der Waals surface area contributed by atoms with Crippen LogP contribution in [-0.2, 0) is 0 Å². The topological polar surface area (TPSA) is 20.3 Å². The first-order valence-electron chi connectivity index (χ1n) is 7.77. The molecule has 0 amide bonds. The molecule has 0 aromatic heterocycles. The Morgan fingerprint density at radius 1 is 1.20 bits per heavy atom. The number of rotatable bonds is 3. The minimum Gasteiger partial charge on any atom is -0.293 e. The van der Waals surface area contributed by atoms with E-state index in [1.807, 2.05) is 0 Å². The van der Waals surface area contributed by atoms with Crippen LogP contribution in [-0.4, -0.2) is 29.8 Å². The number of likely N-dealkylation sites (tertiary alicyclic amines) is 1. The molecule has 3 heteroatoms. The Morgan fingerprint density at radius 3 is 2.85 bits per heavy atom. The Kier molecular flexibility index (Phi) is 4.16. The van der Waals surface area contributed by atoms with Crippen molar-refractivity contribution in [1.82, 2.24) is 4.90 Å². The van der Waals surface area contributed by atoms with E-state index in [0.717, 1.165) is 12.5 Å². The number of carbonyl (C=O) groups is 1. The van der Waals surface area contributed by atoms with E-state index in [9.17, 15) is 9.18 Å². The fraction of sp³-hybridized carbons (Fsp3) is 0.588. The van der Waals surface area contributed by atoms with Crippen LogP contribution in [0.2, 0.25) is 0 Å². The molecule has 1 aromatic rings. The molecule has 0 spiro atoms. The summed E-state index contributed by atoms with van der Waals surface area (Å²) >= 11 is 0. The molecule has 0 bridgehead atoms. The van der Waals surface area contributed by atoms with Crippen LogP contribution in [0.1, 0.15) is 48.9 Å². The third-order valence-electron chi connectivity index (χ3n) is 4.85. The summed E-state index contributed by atoms with van der Waals surface area (Å²) < 4.78 is 13.2. The van der Waals surface area contributed by atoms with Gasteiger partial charge in [0.1, 0.15) is 5.82 Å². The molecule has 1 saturated carbocycles. The summed E-state index contributed by atoms with van der Waals surface area (Å²) in [5.41, 5.74) is 0.503. The van der Waals surface area contributed by atoms with Gasteiger partial charge in [0.25, 0.3) is 0 Å².